The summed E-state index contributed by atoms with van der Waals surface area (Å²) in [5.41, 5.74) is -1.11. The molecule has 8 heteroatoms. The van der Waals surface area contributed by atoms with Crippen molar-refractivity contribution in [3.05, 3.63) is 41.8 Å². The number of alkyl halides is 6. The summed E-state index contributed by atoms with van der Waals surface area (Å²) >= 11 is 0. The quantitative estimate of drug-likeness (QED) is 0.849. The number of hydrogen-bond acceptors (Lipinski definition) is 1. The normalized spacial score (nSPS) is 12.3. The number of rotatable bonds is 3. The number of halogens is 6. The third-order valence-corrected chi connectivity index (χ3v) is 1.97. The Morgan fingerprint density at radius 2 is 1.79 bits per heavy atom. The molecule has 1 aromatic rings. The lowest BCUT2D eigenvalue weighted by molar-refractivity contribution is -0.137. The van der Waals surface area contributed by atoms with Crippen LogP contribution in [0.25, 0.3) is 0 Å². The molecule has 1 amide bonds. The molecular formula is C11H8F6NO. The molecule has 0 saturated heterocycles. The fourth-order valence-corrected chi connectivity index (χ4v) is 1.19. The highest BCUT2D eigenvalue weighted by molar-refractivity contribution is 5.88. The lowest BCUT2D eigenvalue weighted by Gasteiger charge is -2.10. The van der Waals surface area contributed by atoms with Crippen LogP contribution in [-0.2, 0) is 11.0 Å². The minimum atomic E-state index is -4.58. The Balaban J connectivity index is 2.65. The van der Waals surface area contributed by atoms with E-state index in [4.69, 9.17) is 0 Å². The van der Waals surface area contributed by atoms with Gasteiger partial charge in [0.2, 0.25) is 5.91 Å². The molecule has 0 aliphatic heterocycles. The van der Waals surface area contributed by atoms with Gasteiger partial charge in [0.05, 0.1) is 12.0 Å². The summed E-state index contributed by atoms with van der Waals surface area (Å²) in [6.07, 6.45) is -8.48. The molecule has 0 spiro atoms. The van der Waals surface area contributed by atoms with Crippen LogP contribution in [0.4, 0.5) is 26.3 Å². The molecule has 1 rings (SSSR count). The number of amides is 1. The first-order chi connectivity index (χ1) is 8.58. The highest BCUT2D eigenvalue weighted by Crippen LogP contribution is 2.29. The summed E-state index contributed by atoms with van der Waals surface area (Å²) in [5, 5.41) is 1.53. The average molecular weight is 284 g/mol. The van der Waals surface area contributed by atoms with Gasteiger partial charge < -0.3 is 5.32 Å². The van der Waals surface area contributed by atoms with Gasteiger partial charge in [-0.15, -0.1) is 0 Å². The molecule has 0 aliphatic carbocycles. The van der Waals surface area contributed by atoms with Crippen LogP contribution < -0.4 is 5.32 Å². The predicted octanol–water partition coefficient (Wildman–Crippen LogP) is 2.94. The van der Waals surface area contributed by atoms with E-state index in [1.54, 1.807) is 0 Å². The Kier molecular flexibility index (Phi) is 4.43. The highest BCUT2D eigenvalue weighted by Gasteiger charge is 2.31. The van der Waals surface area contributed by atoms with E-state index >= 15 is 0 Å². The number of benzene rings is 1. The number of carbonyl (C=O) groups is 1. The van der Waals surface area contributed by atoms with Crippen LogP contribution >= 0.6 is 0 Å². The van der Waals surface area contributed by atoms with Crippen LogP contribution in [0, 0.1) is 6.42 Å². The standard InChI is InChI=1S/C11H8F6NO/c12-10(13,14)6-18-9(19)5-7-2-1-3-8(4-7)11(15,16)17/h1-5H,6H2,(H,18,19). The molecule has 1 radical (unpaired) electrons. The minimum absolute atomic E-state index is 0.130. The molecule has 1 N–H and O–H groups in total. The second kappa shape index (κ2) is 5.50. The van der Waals surface area contributed by atoms with Crippen molar-refractivity contribution in [2.24, 2.45) is 0 Å². The number of nitrogens with one attached hydrogen (secondary N) is 1. The fraction of sp³-hybridized carbons (Fsp3) is 0.273. The Labute approximate surface area is 104 Å². The van der Waals surface area contributed by atoms with Gasteiger partial charge >= 0.3 is 12.4 Å². The summed E-state index contributed by atoms with van der Waals surface area (Å²) in [5.74, 6) is -1.11. The molecular weight excluding hydrogens is 276 g/mol. The first-order valence-electron chi connectivity index (χ1n) is 4.94. The van der Waals surface area contributed by atoms with E-state index in [1.165, 1.54) is 11.4 Å². The summed E-state index contributed by atoms with van der Waals surface area (Å²) in [6, 6.07) is 3.71. The Hall–Kier alpha value is -1.73. The van der Waals surface area contributed by atoms with Crippen molar-refractivity contribution in [2.45, 2.75) is 12.4 Å². The minimum Gasteiger partial charge on any atom is -0.346 e. The molecule has 0 atom stereocenters. The second-order valence-corrected chi connectivity index (χ2v) is 3.60. The van der Waals surface area contributed by atoms with E-state index in [0.717, 1.165) is 12.1 Å². The van der Waals surface area contributed by atoms with Crippen molar-refractivity contribution in [2.75, 3.05) is 6.54 Å². The molecule has 105 valence electrons. The van der Waals surface area contributed by atoms with Crippen LogP contribution in [0.1, 0.15) is 11.1 Å². The van der Waals surface area contributed by atoms with Crippen LogP contribution in [-0.4, -0.2) is 18.6 Å². The van der Waals surface area contributed by atoms with Crippen molar-refractivity contribution in [3.8, 4) is 0 Å². The van der Waals surface area contributed by atoms with E-state index in [9.17, 15) is 31.1 Å². The van der Waals surface area contributed by atoms with Crippen LogP contribution in [0.5, 0.6) is 0 Å². The molecule has 0 aromatic heterocycles. The maximum atomic E-state index is 12.3. The van der Waals surface area contributed by atoms with Crippen molar-refractivity contribution in [1.29, 1.82) is 0 Å². The van der Waals surface area contributed by atoms with Gasteiger partial charge in [-0.05, 0) is 11.6 Å². The molecule has 1 aromatic carbocycles. The van der Waals surface area contributed by atoms with Crippen molar-refractivity contribution in [3.63, 3.8) is 0 Å². The molecule has 0 bridgehead atoms. The largest absolute Gasteiger partial charge is 0.416 e. The van der Waals surface area contributed by atoms with Gasteiger partial charge in [-0.25, -0.2) is 0 Å². The highest BCUT2D eigenvalue weighted by atomic mass is 19.4. The molecule has 0 aliphatic rings. The van der Waals surface area contributed by atoms with Crippen LogP contribution in [0.3, 0.4) is 0 Å². The molecule has 2 nitrogen and oxygen atoms in total. The average Bonchev–Trinajstić information content (AvgIpc) is 2.25. The molecule has 0 saturated carbocycles. The monoisotopic (exact) mass is 284 g/mol. The summed E-state index contributed by atoms with van der Waals surface area (Å²) in [6.45, 7) is -1.54. The van der Waals surface area contributed by atoms with E-state index in [1.807, 2.05) is 0 Å². The summed E-state index contributed by atoms with van der Waals surface area (Å²) < 4.78 is 72.4. The van der Waals surface area contributed by atoms with Gasteiger partial charge in [0.1, 0.15) is 6.54 Å². The summed E-state index contributed by atoms with van der Waals surface area (Å²) in [4.78, 5) is 11.1. The lowest BCUT2D eigenvalue weighted by atomic mass is 10.1. The Morgan fingerprint density at radius 1 is 1.16 bits per heavy atom. The van der Waals surface area contributed by atoms with Crippen molar-refractivity contribution < 1.29 is 31.1 Å². The van der Waals surface area contributed by atoms with E-state index in [2.05, 4.69) is 0 Å². The van der Waals surface area contributed by atoms with Gasteiger partial charge in [-0.3, -0.25) is 4.79 Å². The predicted molar refractivity (Wildman–Crippen MR) is 53.9 cm³/mol. The lowest BCUT2D eigenvalue weighted by Crippen LogP contribution is -2.33. The number of carbonyl (C=O) groups excluding carboxylic acids is 1. The van der Waals surface area contributed by atoms with Gasteiger partial charge in [-0.1, -0.05) is 18.2 Å². The zero-order chi connectivity index (χ0) is 14.7. The van der Waals surface area contributed by atoms with Crippen molar-refractivity contribution >= 4 is 5.91 Å². The third-order valence-electron chi connectivity index (χ3n) is 1.97. The van der Waals surface area contributed by atoms with Gasteiger partial charge in [-0.2, -0.15) is 26.3 Å². The van der Waals surface area contributed by atoms with E-state index in [-0.39, 0.29) is 5.56 Å². The van der Waals surface area contributed by atoms with Gasteiger partial charge in [0.15, 0.2) is 0 Å². The van der Waals surface area contributed by atoms with Crippen LogP contribution in [0.15, 0.2) is 24.3 Å². The topological polar surface area (TPSA) is 29.1 Å². The maximum Gasteiger partial charge on any atom is 0.416 e. The molecule has 0 fully saturated rings. The van der Waals surface area contributed by atoms with E-state index < -0.39 is 30.4 Å². The number of hydrogen-bond donors (Lipinski definition) is 1. The van der Waals surface area contributed by atoms with E-state index in [0.29, 0.717) is 12.5 Å². The van der Waals surface area contributed by atoms with Gasteiger partial charge in [0, 0.05) is 0 Å². The molecule has 19 heavy (non-hydrogen) atoms. The zero-order valence-electron chi connectivity index (χ0n) is 9.27. The SMILES string of the molecule is O=C([CH]c1cccc(C(F)(F)F)c1)NCC(F)(F)F. The third kappa shape index (κ3) is 5.62. The maximum absolute atomic E-state index is 12.3. The zero-order valence-corrected chi connectivity index (χ0v) is 9.27. The first-order valence-corrected chi connectivity index (χ1v) is 4.94. The Morgan fingerprint density at radius 3 is 2.32 bits per heavy atom. The first kappa shape index (κ1) is 15.3. The Bertz CT molecular complexity index is 451. The second-order valence-electron chi connectivity index (χ2n) is 3.60. The molecule has 0 heterocycles. The van der Waals surface area contributed by atoms with Crippen molar-refractivity contribution in [1.82, 2.24) is 5.32 Å². The summed E-state index contributed by atoms with van der Waals surface area (Å²) in [7, 11) is 0. The van der Waals surface area contributed by atoms with Gasteiger partial charge in [0.25, 0.3) is 0 Å². The van der Waals surface area contributed by atoms with Crippen LogP contribution in [0.2, 0.25) is 0 Å². The fourth-order valence-electron chi connectivity index (χ4n) is 1.19. The molecule has 0 unspecified atom stereocenters. The smallest absolute Gasteiger partial charge is 0.346 e.